The summed E-state index contributed by atoms with van der Waals surface area (Å²) in [6, 6.07) is 3.53. The minimum absolute atomic E-state index is 0.0661. The maximum absolute atomic E-state index is 8.74. The van der Waals surface area contributed by atoms with Gasteiger partial charge in [-0.2, -0.15) is 0 Å². The van der Waals surface area contributed by atoms with Gasteiger partial charge in [0.1, 0.15) is 18.1 Å². The van der Waals surface area contributed by atoms with Crippen LogP contribution in [-0.2, 0) is 6.61 Å². The highest BCUT2D eigenvalue weighted by Gasteiger charge is 2.05. The van der Waals surface area contributed by atoms with Gasteiger partial charge in [0.15, 0.2) is 0 Å². The van der Waals surface area contributed by atoms with Crippen molar-refractivity contribution in [3.05, 3.63) is 23.7 Å². The highest BCUT2D eigenvalue weighted by Crippen LogP contribution is 2.09. The molecule has 3 nitrogen and oxygen atoms in total. The third kappa shape index (κ3) is 3.42. The molecular formula is C10H15NO2. The van der Waals surface area contributed by atoms with Crippen molar-refractivity contribution in [2.75, 3.05) is 0 Å². The molecule has 0 aliphatic heterocycles. The lowest BCUT2D eigenvalue weighted by molar-refractivity contribution is 0.247. The molecule has 0 unspecified atom stereocenters. The lowest BCUT2D eigenvalue weighted by Gasteiger charge is -2.09. The molecule has 0 aromatic carbocycles. The normalized spacial score (nSPS) is 12.6. The van der Waals surface area contributed by atoms with E-state index in [1.807, 2.05) is 20.8 Å². The summed E-state index contributed by atoms with van der Waals surface area (Å²) in [5, 5.41) is 8.74. The second-order valence-corrected chi connectivity index (χ2v) is 3.89. The van der Waals surface area contributed by atoms with Gasteiger partial charge in [-0.1, -0.05) is 0 Å². The number of aliphatic hydroxyl groups is 1. The average molecular weight is 181 g/mol. The van der Waals surface area contributed by atoms with Crippen molar-refractivity contribution in [2.45, 2.75) is 32.9 Å². The third-order valence-electron chi connectivity index (χ3n) is 1.42. The molecule has 1 rings (SSSR count). The SMILES string of the molecule is CC(C)(C)N=Cc1ccc(CO)o1. The molecule has 0 fully saturated rings. The zero-order chi connectivity index (χ0) is 9.90. The van der Waals surface area contributed by atoms with Crippen LogP contribution in [0.15, 0.2) is 21.5 Å². The van der Waals surface area contributed by atoms with Gasteiger partial charge in [-0.15, -0.1) is 0 Å². The predicted molar refractivity (Wildman–Crippen MR) is 52.0 cm³/mol. The van der Waals surface area contributed by atoms with Crippen molar-refractivity contribution >= 4 is 6.21 Å². The smallest absolute Gasteiger partial charge is 0.144 e. The fourth-order valence-corrected chi connectivity index (χ4v) is 0.806. The van der Waals surface area contributed by atoms with E-state index < -0.39 is 0 Å². The fraction of sp³-hybridized carbons (Fsp3) is 0.500. The number of aliphatic hydroxyl groups excluding tert-OH is 1. The third-order valence-corrected chi connectivity index (χ3v) is 1.42. The van der Waals surface area contributed by atoms with Gasteiger partial charge < -0.3 is 9.52 Å². The molecule has 13 heavy (non-hydrogen) atoms. The monoisotopic (exact) mass is 181 g/mol. The van der Waals surface area contributed by atoms with E-state index in [4.69, 9.17) is 9.52 Å². The van der Waals surface area contributed by atoms with Crippen LogP contribution >= 0.6 is 0 Å². The van der Waals surface area contributed by atoms with E-state index in [-0.39, 0.29) is 12.1 Å². The van der Waals surface area contributed by atoms with E-state index in [0.29, 0.717) is 11.5 Å². The summed E-state index contributed by atoms with van der Waals surface area (Å²) in [6.45, 7) is 5.97. The number of furan rings is 1. The molecular weight excluding hydrogens is 166 g/mol. The Bertz CT molecular complexity index is 294. The number of hydrogen-bond donors (Lipinski definition) is 1. The zero-order valence-corrected chi connectivity index (χ0v) is 8.24. The molecule has 0 aliphatic rings. The Balaban J connectivity index is 2.69. The van der Waals surface area contributed by atoms with Crippen molar-refractivity contribution in [3.8, 4) is 0 Å². The summed E-state index contributed by atoms with van der Waals surface area (Å²) in [4.78, 5) is 4.27. The molecule has 0 amide bonds. The van der Waals surface area contributed by atoms with Crippen LogP contribution < -0.4 is 0 Å². The molecule has 0 aliphatic carbocycles. The van der Waals surface area contributed by atoms with Crippen molar-refractivity contribution in [3.63, 3.8) is 0 Å². The van der Waals surface area contributed by atoms with Crippen molar-refractivity contribution < 1.29 is 9.52 Å². The van der Waals surface area contributed by atoms with Crippen LogP contribution in [0.5, 0.6) is 0 Å². The first-order valence-electron chi connectivity index (χ1n) is 4.26. The van der Waals surface area contributed by atoms with Crippen LogP contribution in [-0.4, -0.2) is 16.9 Å². The van der Waals surface area contributed by atoms with Gasteiger partial charge in [0.2, 0.25) is 0 Å². The lowest BCUT2D eigenvalue weighted by atomic mass is 10.1. The molecule has 0 saturated heterocycles. The summed E-state index contributed by atoms with van der Waals surface area (Å²) >= 11 is 0. The van der Waals surface area contributed by atoms with Crippen LogP contribution in [0.1, 0.15) is 32.3 Å². The van der Waals surface area contributed by atoms with Crippen LogP contribution in [0.4, 0.5) is 0 Å². The molecule has 0 radical (unpaired) electrons. The zero-order valence-electron chi connectivity index (χ0n) is 8.24. The minimum atomic E-state index is -0.0911. The molecule has 0 spiro atoms. The van der Waals surface area contributed by atoms with Gasteiger partial charge in [-0.3, -0.25) is 4.99 Å². The van der Waals surface area contributed by atoms with E-state index in [9.17, 15) is 0 Å². The Kier molecular flexibility index (Phi) is 2.88. The fourth-order valence-electron chi connectivity index (χ4n) is 0.806. The van der Waals surface area contributed by atoms with E-state index in [2.05, 4.69) is 4.99 Å². The molecule has 1 aromatic heterocycles. The first-order valence-corrected chi connectivity index (χ1v) is 4.26. The molecule has 72 valence electrons. The van der Waals surface area contributed by atoms with Gasteiger partial charge in [0.25, 0.3) is 0 Å². The topological polar surface area (TPSA) is 45.7 Å². The van der Waals surface area contributed by atoms with Gasteiger partial charge in [0, 0.05) is 0 Å². The van der Waals surface area contributed by atoms with Crippen LogP contribution in [0.25, 0.3) is 0 Å². The highest BCUT2D eigenvalue weighted by atomic mass is 16.4. The number of aliphatic imine (C=N–C) groups is 1. The van der Waals surface area contributed by atoms with Gasteiger partial charge in [-0.05, 0) is 32.9 Å². The maximum Gasteiger partial charge on any atom is 0.144 e. The summed E-state index contributed by atoms with van der Waals surface area (Å²) in [7, 11) is 0. The second-order valence-electron chi connectivity index (χ2n) is 3.89. The summed E-state index contributed by atoms with van der Waals surface area (Å²) in [5.41, 5.74) is -0.0911. The quantitative estimate of drug-likeness (QED) is 0.709. The second kappa shape index (κ2) is 3.75. The summed E-state index contributed by atoms with van der Waals surface area (Å²) < 4.78 is 5.23. The number of rotatable bonds is 2. The van der Waals surface area contributed by atoms with Crippen molar-refractivity contribution in [1.82, 2.24) is 0 Å². The Morgan fingerprint density at radius 2 is 2.15 bits per heavy atom. The van der Waals surface area contributed by atoms with Gasteiger partial charge >= 0.3 is 0 Å². The standard InChI is InChI=1S/C10H15NO2/c1-10(2,3)11-6-8-4-5-9(7-12)13-8/h4-6,12H,7H2,1-3H3. The molecule has 1 aromatic rings. The van der Waals surface area contributed by atoms with Gasteiger partial charge in [0.05, 0.1) is 11.8 Å². The lowest BCUT2D eigenvalue weighted by Crippen LogP contribution is -2.09. The first kappa shape index (κ1) is 9.99. The Hall–Kier alpha value is -1.09. The largest absolute Gasteiger partial charge is 0.458 e. The maximum atomic E-state index is 8.74. The number of nitrogens with zero attached hydrogens (tertiary/aromatic N) is 1. The average Bonchev–Trinajstić information content (AvgIpc) is 2.47. The van der Waals surface area contributed by atoms with Crippen molar-refractivity contribution in [1.29, 1.82) is 0 Å². The van der Waals surface area contributed by atoms with Crippen molar-refractivity contribution in [2.24, 2.45) is 4.99 Å². The first-order chi connectivity index (χ1) is 6.01. The Morgan fingerprint density at radius 3 is 2.62 bits per heavy atom. The van der Waals surface area contributed by atoms with E-state index in [1.54, 1.807) is 18.3 Å². The minimum Gasteiger partial charge on any atom is -0.458 e. The molecule has 3 heteroatoms. The van der Waals surface area contributed by atoms with Crippen LogP contribution in [0, 0.1) is 0 Å². The Morgan fingerprint density at radius 1 is 1.46 bits per heavy atom. The molecule has 0 bridgehead atoms. The van der Waals surface area contributed by atoms with Crippen LogP contribution in [0.3, 0.4) is 0 Å². The van der Waals surface area contributed by atoms with Gasteiger partial charge in [-0.25, -0.2) is 0 Å². The van der Waals surface area contributed by atoms with E-state index >= 15 is 0 Å². The summed E-state index contributed by atoms with van der Waals surface area (Å²) in [5.74, 6) is 1.24. The summed E-state index contributed by atoms with van der Waals surface area (Å²) in [6.07, 6.45) is 1.68. The molecule has 1 heterocycles. The van der Waals surface area contributed by atoms with E-state index in [0.717, 1.165) is 0 Å². The van der Waals surface area contributed by atoms with Crippen LogP contribution in [0.2, 0.25) is 0 Å². The van der Waals surface area contributed by atoms with E-state index in [1.165, 1.54) is 0 Å². The molecule has 0 atom stereocenters. The number of hydrogen-bond acceptors (Lipinski definition) is 3. The Labute approximate surface area is 78.1 Å². The molecule has 1 N–H and O–H groups in total. The predicted octanol–water partition coefficient (Wildman–Crippen LogP) is 1.99. The molecule has 0 saturated carbocycles. The highest BCUT2D eigenvalue weighted by molar-refractivity contribution is 5.76.